The second kappa shape index (κ2) is 7.92. The van der Waals surface area contributed by atoms with Crippen molar-refractivity contribution in [2.45, 2.75) is 19.3 Å². The molecule has 5 aromatic carbocycles. The van der Waals surface area contributed by atoms with Crippen LogP contribution in [0.3, 0.4) is 0 Å². The van der Waals surface area contributed by atoms with Gasteiger partial charge in [-0.15, -0.1) is 0 Å². The van der Waals surface area contributed by atoms with Crippen LogP contribution in [0.25, 0.3) is 77.8 Å². The lowest BCUT2D eigenvalue weighted by molar-refractivity contribution is 0.646. The number of aromatic nitrogens is 2. The number of benzene rings is 5. The van der Waals surface area contributed by atoms with Crippen molar-refractivity contribution in [3.05, 3.63) is 120 Å². The zero-order valence-corrected chi connectivity index (χ0v) is 22.6. The van der Waals surface area contributed by atoms with Crippen molar-refractivity contribution in [3.8, 4) is 33.8 Å². The van der Waals surface area contributed by atoms with Crippen molar-refractivity contribution < 1.29 is 8.83 Å². The Balaban J connectivity index is 1.52. The first-order chi connectivity index (χ1) is 20.1. The lowest BCUT2D eigenvalue weighted by atomic mass is 9.79. The molecule has 3 aromatic heterocycles. The second-order valence-corrected chi connectivity index (χ2v) is 11.4. The molecule has 9 rings (SSSR count). The van der Waals surface area contributed by atoms with E-state index in [9.17, 15) is 0 Å². The highest BCUT2D eigenvalue weighted by atomic mass is 16.3. The van der Waals surface area contributed by atoms with E-state index >= 15 is 0 Å². The van der Waals surface area contributed by atoms with E-state index in [4.69, 9.17) is 18.8 Å². The summed E-state index contributed by atoms with van der Waals surface area (Å²) in [6.45, 7) is 4.59. The summed E-state index contributed by atoms with van der Waals surface area (Å²) in [4.78, 5) is 10.4. The third-order valence-electron chi connectivity index (χ3n) is 8.67. The average Bonchev–Trinajstić information content (AvgIpc) is 3.65. The molecular weight excluding hydrogens is 504 g/mol. The van der Waals surface area contributed by atoms with Gasteiger partial charge in [0, 0.05) is 27.1 Å². The second-order valence-electron chi connectivity index (χ2n) is 11.4. The summed E-state index contributed by atoms with van der Waals surface area (Å²) < 4.78 is 13.3. The van der Waals surface area contributed by atoms with Gasteiger partial charge in [-0.1, -0.05) is 98.8 Å². The van der Waals surface area contributed by atoms with E-state index in [2.05, 4.69) is 74.5 Å². The molecule has 0 atom stereocenters. The van der Waals surface area contributed by atoms with Gasteiger partial charge in [-0.3, -0.25) is 0 Å². The largest absolute Gasteiger partial charge is 0.455 e. The van der Waals surface area contributed by atoms with Crippen LogP contribution in [-0.4, -0.2) is 9.97 Å². The molecule has 8 aromatic rings. The zero-order valence-electron chi connectivity index (χ0n) is 22.6. The van der Waals surface area contributed by atoms with Crippen molar-refractivity contribution in [2.75, 3.05) is 0 Å². The average molecular weight is 529 g/mol. The molecule has 0 unspecified atom stereocenters. The molecule has 0 amide bonds. The van der Waals surface area contributed by atoms with E-state index in [1.165, 1.54) is 22.3 Å². The lowest BCUT2D eigenvalue weighted by Gasteiger charge is -2.24. The SMILES string of the molecule is CC1(C)c2ccccc2-c2cc3c(oc4ccccc43)c(-c3nc(-c4ccccc4)nc4c3oc3ccccc34)c21. The number of furan rings is 2. The molecule has 1 aliphatic rings. The Morgan fingerprint density at radius 1 is 0.585 bits per heavy atom. The first kappa shape index (κ1) is 22.6. The monoisotopic (exact) mass is 528 g/mol. The van der Waals surface area contributed by atoms with Gasteiger partial charge >= 0.3 is 0 Å². The van der Waals surface area contributed by atoms with E-state index in [1.807, 2.05) is 48.5 Å². The summed E-state index contributed by atoms with van der Waals surface area (Å²) in [5.74, 6) is 0.662. The molecular formula is C37H24N2O2. The minimum atomic E-state index is -0.287. The smallest absolute Gasteiger partial charge is 0.180 e. The van der Waals surface area contributed by atoms with E-state index in [1.54, 1.807) is 0 Å². The highest BCUT2D eigenvalue weighted by molar-refractivity contribution is 6.16. The first-order valence-electron chi connectivity index (χ1n) is 13.9. The number of nitrogens with zero attached hydrogens (tertiary/aromatic N) is 2. The van der Waals surface area contributed by atoms with Gasteiger partial charge in [0.05, 0.1) is 5.56 Å². The van der Waals surface area contributed by atoms with Gasteiger partial charge in [0.25, 0.3) is 0 Å². The minimum absolute atomic E-state index is 0.287. The van der Waals surface area contributed by atoms with Crippen LogP contribution >= 0.6 is 0 Å². The van der Waals surface area contributed by atoms with E-state index in [0.717, 1.165) is 55.2 Å². The molecule has 0 N–H and O–H groups in total. The van der Waals surface area contributed by atoms with Gasteiger partial charge in [0.15, 0.2) is 11.4 Å². The Morgan fingerprint density at radius 2 is 1.24 bits per heavy atom. The maximum atomic E-state index is 6.72. The minimum Gasteiger partial charge on any atom is -0.455 e. The standard InChI is InChI=1S/C37H24N2O2/c1-37(2)27-17-9-6-14-22(27)25-20-26-23-15-7-10-18-28(23)40-34(26)30(31(25)37)33-35-32(24-16-8-11-19-29(24)41-35)38-36(39-33)21-12-4-3-5-13-21/h3-20H,1-2H3. The van der Waals surface area contributed by atoms with Gasteiger partial charge in [-0.25, -0.2) is 9.97 Å². The maximum absolute atomic E-state index is 6.72. The van der Waals surface area contributed by atoms with Gasteiger partial charge < -0.3 is 8.83 Å². The molecule has 194 valence electrons. The quantitative estimate of drug-likeness (QED) is 0.224. The molecule has 0 radical (unpaired) electrons. The van der Waals surface area contributed by atoms with Crippen LogP contribution in [0, 0.1) is 0 Å². The van der Waals surface area contributed by atoms with Gasteiger partial charge in [0.2, 0.25) is 0 Å². The Hall–Kier alpha value is -5.22. The Bertz CT molecular complexity index is 2340. The molecule has 0 aliphatic heterocycles. The van der Waals surface area contributed by atoms with Crippen LogP contribution in [0.2, 0.25) is 0 Å². The molecule has 0 spiro atoms. The Kier molecular flexibility index (Phi) is 4.36. The summed E-state index contributed by atoms with van der Waals surface area (Å²) in [7, 11) is 0. The van der Waals surface area contributed by atoms with Crippen molar-refractivity contribution in [1.29, 1.82) is 0 Å². The number of para-hydroxylation sites is 2. The van der Waals surface area contributed by atoms with E-state index in [0.29, 0.717) is 11.4 Å². The molecule has 3 heterocycles. The Morgan fingerprint density at radius 3 is 2.07 bits per heavy atom. The van der Waals surface area contributed by atoms with Gasteiger partial charge in [0.1, 0.15) is 28.0 Å². The lowest BCUT2D eigenvalue weighted by Crippen LogP contribution is -2.16. The van der Waals surface area contributed by atoms with Crippen LogP contribution in [-0.2, 0) is 5.41 Å². The highest BCUT2D eigenvalue weighted by Gasteiger charge is 2.40. The fraction of sp³-hybridized carbons (Fsp3) is 0.0811. The van der Waals surface area contributed by atoms with E-state index in [-0.39, 0.29) is 5.41 Å². The topological polar surface area (TPSA) is 52.1 Å². The summed E-state index contributed by atoms with van der Waals surface area (Å²) >= 11 is 0. The predicted octanol–water partition coefficient (Wildman–Crippen LogP) is 9.92. The van der Waals surface area contributed by atoms with Gasteiger partial charge in [-0.2, -0.15) is 0 Å². The predicted molar refractivity (Wildman–Crippen MR) is 165 cm³/mol. The van der Waals surface area contributed by atoms with Crippen LogP contribution in [0.15, 0.2) is 118 Å². The molecule has 0 saturated heterocycles. The highest BCUT2D eigenvalue weighted by Crippen LogP contribution is 2.56. The number of rotatable bonds is 2. The summed E-state index contributed by atoms with van der Waals surface area (Å²) in [5.41, 5.74) is 11.3. The van der Waals surface area contributed by atoms with Crippen molar-refractivity contribution in [3.63, 3.8) is 0 Å². The number of hydrogen-bond donors (Lipinski definition) is 0. The summed E-state index contributed by atoms with van der Waals surface area (Å²) in [6, 6.07) is 37.5. The molecule has 4 heteroatoms. The van der Waals surface area contributed by atoms with Crippen molar-refractivity contribution >= 4 is 44.0 Å². The van der Waals surface area contributed by atoms with Crippen LogP contribution in [0.1, 0.15) is 25.0 Å². The summed E-state index contributed by atoms with van der Waals surface area (Å²) in [6.07, 6.45) is 0. The zero-order chi connectivity index (χ0) is 27.3. The van der Waals surface area contributed by atoms with Crippen LogP contribution in [0.5, 0.6) is 0 Å². The van der Waals surface area contributed by atoms with Crippen molar-refractivity contribution in [1.82, 2.24) is 9.97 Å². The fourth-order valence-corrected chi connectivity index (χ4v) is 6.82. The first-order valence-corrected chi connectivity index (χ1v) is 13.9. The number of fused-ring (bicyclic) bond motifs is 9. The summed E-state index contributed by atoms with van der Waals surface area (Å²) in [5, 5.41) is 3.14. The van der Waals surface area contributed by atoms with E-state index < -0.39 is 0 Å². The normalized spacial score (nSPS) is 13.8. The molecule has 0 saturated carbocycles. The molecule has 1 aliphatic carbocycles. The Labute approximate surface area is 235 Å². The van der Waals surface area contributed by atoms with Crippen LogP contribution < -0.4 is 0 Å². The molecule has 0 bridgehead atoms. The maximum Gasteiger partial charge on any atom is 0.180 e. The molecule has 41 heavy (non-hydrogen) atoms. The molecule has 4 nitrogen and oxygen atoms in total. The fourth-order valence-electron chi connectivity index (χ4n) is 6.82. The van der Waals surface area contributed by atoms with Gasteiger partial charge in [-0.05, 0) is 46.5 Å². The molecule has 0 fully saturated rings. The van der Waals surface area contributed by atoms with Crippen molar-refractivity contribution in [2.24, 2.45) is 0 Å². The van der Waals surface area contributed by atoms with Crippen LogP contribution in [0.4, 0.5) is 0 Å². The number of hydrogen-bond acceptors (Lipinski definition) is 4. The third kappa shape index (κ3) is 2.99. The third-order valence-corrected chi connectivity index (χ3v) is 8.67.